The summed E-state index contributed by atoms with van der Waals surface area (Å²) < 4.78 is 13.5. The van der Waals surface area contributed by atoms with Crippen LogP contribution in [0.5, 0.6) is 0 Å². The van der Waals surface area contributed by atoms with Crippen molar-refractivity contribution in [2.24, 2.45) is 0 Å². The van der Waals surface area contributed by atoms with Gasteiger partial charge in [0.15, 0.2) is 0 Å². The van der Waals surface area contributed by atoms with Gasteiger partial charge in [-0.3, -0.25) is 4.79 Å². The lowest BCUT2D eigenvalue weighted by atomic mass is 10.1. The monoisotopic (exact) mass is 269 g/mol. The maximum Gasteiger partial charge on any atom is 0.254 e. The van der Waals surface area contributed by atoms with E-state index in [-0.39, 0.29) is 12.1 Å². The number of amides is 1. The van der Waals surface area contributed by atoms with Crippen LogP contribution in [0, 0.1) is 17.1 Å². The van der Waals surface area contributed by atoms with Crippen molar-refractivity contribution in [3.05, 3.63) is 65.0 Å². The highest BCUT2D eigenvalue weighted by Crippen LogP contribution is 2.12. The van der Waals surface area contributed by atoms with Gasteiger partial charge in [0, 0.05) is 12.2 Å². The van der Waals surface area contributed by atoms with Crippen LogP contribution < -0.4 is 11.1 Å². The molecule has 1 amide bonds. The first kappa shape index (κ1) is 13.6. The van der Waals surface area contributed by atoms with Gasteiger partial charge >= 0.3 is 0 Å². The molecule has 0 aromatic heterocycles. The van der Waals surface area contributed by atoms with E-state index in [4.69, 9.17) is 11.0 Å². The number of carbonyl (C=O) groups excluding carboxylic acids is 1. The minimum absolute atomic E-state index is 0.0846. The van der Waals surface area contributed by atoms with Gasteiger partial charge in [0.05, 0.1) is 17.2 Å². The van der Waals surface area contributed by atoms with E-state index in [1.54, 1.807) is 24.3 Å². The Morgan fingerprint density at radius 3 is 2.60 bits per heavy atom. The Hall–Kier alpha value is -2.87. The molecule has 0 aliphatic carbocycles. The van der Waals surface area contributed by atoms with Crippen molar-refractivity contribution >= 4 is 11.6 Å². The number of nitrogens with two attached hydrogens (primary N) is 1. The van der Waals surface area contributed by atoms with Crippen LogP contribution in [0.1, 0.15) is 21.5 Å². The summed E-state index contributed by atoms with van der Waals surface area (Å²) in [6, 6.07) is 12.6. The minimum atomic E-state index is -0.614. The number of rotatable bonds is 3. The number of nitrogens with zero attached hydrogens (tertiary/aromatic N) is 1. The first-order chi connectivity index (χ1) is 9.60. The van der Waals surface area contributed by atoms with Gasteiger partial charge in [0.25, 0.3) is 5.91 Å². The Bertz CT molecular complexity index is 675. The Kier molecular flexibility index (Phi) is 3.96. The molecule has 100 valence electrons. The molecule has 3 N–H and O–H groups in total. The van der Waals surface area contributed by atoms with Gasteiger partial charge in [-0.25, -0.2) is 4.39 Å². The molecule has 0 saturated carbocycles. The van der Waals surface area contributed by atoms with Gasteiger partial charge in [-0.2, -0.15) is 5.26 Å². The van der Waals surface area contributed by atoms with Crippen molar-refractivity contribution in [3.8, 4) is 6.07 Å². The van der Waals surface area contributed by atoms with E-state index in [1.807, 2.05) is 6.07 Å². The van der Waals surface area contributed by atoms with E-state index in [0.717, 1.165) is 11.6 Å². The van der Waals surface area contributed by atoms with Gasteiger partial charge in [0.2, 0.25) is 0 Å². The quantitative estimate of drug-likeness (QED) is 0.838. The van der Waals surface area contributed by atoms with Crippen LogP contribution in [-0.4, -0.2) is 5.91 Å². The predicted molar refractivity (Wildman–Crippen MR) is 73.1 cm³/mol. The molecule has 2 rings (SSSR count). The summed E-state index contributed by atoms with van der Waals surface area (Å²) in [7, 11) is 0. The minimum Gasteiger partial charge on any atom is -0.399 e. The van der Waals surface area contributed by atoms with Crippen LogP contribution >= 0.6 is 0 Å². The smallest absolute Gasteiger partial charge is 0.254 e. The molecule has 0 bridgehead atoms. The summed E-state index contributed by atoms with van der Waals surface area (Å²) in [5, 5.41) is 11.3. The third-order valence-corrected chi connectivity index (χ3v) is 2.77. The normalized spacial score (nSPS) is 9.80. The van der Waals surface area contributed by atoms with Crippen LogP contribution in [0.4, 0.5) is 10.1 Å². The molecular weight excluding hydrogens is 257 g/mol. The van der Waals surface area contributed by atoms with E-state index in [9.17, 15) is 9.18 Å². The zero-order chi connectivity index (χ0) is 14.5. The molecule has 4 nitrogen and oxygen atoms in total. The fraction of sp³-hybridized carbons (Fsp3) is 0.0667. The first-order valence-corrected chi connectivity index (χ1v) is 5.92. The Morgan fingerprint density at radius 2 is 1.95 bits per heavy atom. The first-order valence-electron chi connectivity index (χ1n) is 5.92. The molecule has 0 spiro atoms. The molecule has 2 aromatic rings. The molecule has 0 aliphatic heterocycles. The number of nitriles is 1. The molecule has 0 unspecified atom stereocenters. The predicted octanol–water partition coefficient (Wildman–Crippen LogP) is 2.21. The third kappa shape index (κ3) is 3.12. The molecule has 0 fully saturated rings. The highest BCUT2D eigenvalue weighted by molar-refractivity contribution is 5.95. The van der Waals surface area contributed by atoms with Gasteiger partial charge in [0.1, 0.15) is 5.82 Å². The van der Waals surface area contributed by atoms with E-state index in [1.165, 1.54) is 12.1 Å². The second-order valence-corrected chi connectivity index (χ2v) is 4.23. The average Bonchev–Trinajstić information content (AvgIpc) is 2.47. The standard InChI is InChI=1S/C15H12FN3O/c16-14-6-5-12(18)7-13(14)15(20)19-9-11-3-1-10(8-17)2-4-11/h1-7H,9,18H2,(H,19,20). The lowest BCUT2D eigenvalue weighted by Crippen LogP contribution is -2.24. The number of anilines is 1. The van der Waals surface area contributed by atoms with Crippen molar-refractivity contribution in [1.29, 1.82) is 5.26 Å². The van der Waals surface area contributed by atoms with Crippen LogP contribution in [0.2, 0.25) is 0 Å². The Labute approximate surface area is 115 Å². The maximum atomic E-state index is 13.5. The molecule has 2 aromatic carbocycles. The van der Waals surface area contributed by atoms with Crippen LogP contribution in [0.25, 0.3) is 0 Å². The number of nitrogens with one attached hydrogen (secondary N) is 1. The second-order valence-electron chi connectivity index (χ2n) is 4.23. The summed E-state index contributed by atoms with van der Waals surface area (Å²) >= 11 is 0. The van der Waals surface area contributed by atoms with E-state index in [0.29, 0.717) is 11.3 Å². The van der Waals surface area contributed by atoms with Crippen molar-refractivity contribution in [2.45, 2.75) is 6.54 Å². The van der Waals surface area contributed by atoms with Crippen molar-refractivity contribution < 1.29 is 9.18 Å². The fourth-order valence-corrected chi connectivity index (χ4v) is 1.69. The number of carbonyl (C=O) groups is 1. The lowest BCUT2D eigenvalue weighted by molar-refractivity contribution is 0.0947. The summed E-state index contributed by atoms with van der Waals surface area (Å²) in [5.41, 5.74) is 7.14. The summed E-state index contributed by atoms with van der Waals surface area (Å²) in [5.74, 6) is -1.14. The molecule has 0 aliphatic rings. The van der Waals surface area contributed by atoms with Crippen molar-refractivity contribution in [3.63, 3.8) is 0 Å². The van der Waals surface area contributed by atoms with E-state index < -0.39 is 11.7 Å². The Balaban J connectivity index is 2.04. The van der Waals surface area contributed by atoms with Crippen molar-refractivity contribution in [1.82, 2.24) is 5.32 Å². The number of nitrogen functional groups attached to an aromatic ring is 1. The van der Waals surface area contributed by atoms with Gasteiger partial charge in [-0.05, 0) is 35.9 Å². The number of benzene rings is 2. The highest BCUT2D eigenvalue weighted by atomic mass is 19.1. The van der Waals surface area contributed by atoms with Crippen LogP contribution in [-0.2, 0) is 6.54 Å². The van der Waals surface area contributed by atoms with Gasteiger partial charge in [-0.15, -0.1) is 0 Å². The van der Waals surface area contributed by atoms with Crippen LogP contribution in [0.15, 0.2) is 42.5 Å². The summed E-state index contributed by atoms with van der Waals surface area (Å²) in [4.78, 5) is 11.9. The lowest BCUT2D eigenvalue weighted by Gasteiger charge is -2.07. The van der Waals surface area contributed by atoms with E-state index >= 15 is 0 Å². The second kappa shape index (κ2) is 5.85. The zero-order valence-corrected chi connectivity index (χ0v) is 10.6. The van der Waals surface area contributed by atoms with Gasteiger partial charge in [-0.1, -0.05) is 12.1 Å². The number of hydrogen-bond acceptors (Lipinski definition) is 3. The van der Waals surface area contributed by atoms with E-state index in [2.05, 4.69) is 5.32 Å². The molecule has 5 heteroatoms. The molecular formula is C15H12FN3O. The highest BCUT2D eigenvalue weighted by Gasteiger charge is 2.11. The summed E-state index contributed by atoms with van der Waals surface area (Å²) in [6.45, 7) is 0.249. The van der Waals surface area contributed by atoms with Crippen LogP contribution in [0.3, 0.4) is 0 Å². The largest absolute Gasteiger partial charge is 0.399 e. The number of halogens is 1. The third-order valence-electron chi connectivity index (χ3n) is 2.77. The zero-order valence-electron chi connectivity index (χ0n) is 10.6. The fourth-order valence-electron chi connectivity index (χ4n) is 1.69. The van der Waals surface area contributed by atoms with Gasteiger partial charge < -0.3 is 11.1 Å². The van der Waals surface area contributed by atoms with Crippen molar-refractivity contribution in [2.75, 3.05) is 5.73 Å². The average molecular weight is 269 g/mol. The SMILES string of the molecule is N#Cc1ccc(CNC(=O)c2cc(N)ccc2F)cc1. The molecule has 0 saturated heterocycles. The maximum absolute atomic E-state index is 13.5. The Morgan fingerprint density at radius 1 is 1.25 bits per heavy atom. The molecule has 20 heavy (non-hydrogen) atoms. The molecule has 0 atom stereocenters. The molecule has 0 radical (unpaired) electrons. The topological polar surface area (TPSA) is 78.9 Å². The summed E-state index contributed by atoms with van der Waals surface area (Å²) in [6.07, 6.45) is 0. The molecule has 0 heterocycles. The number of hydrogen-bond donors (Lipinski definition) is 2.